The third-order valence-electron chi connectivity index (χ3n) is 8.83. The lowest BCUT2D eigenvalue weighted by atomic mass is 9.60. The molecule has 34 heavy (non-hydrogen) atoms. The Morgan fingerprint density at radius 2 is 2.09 bits per heavy atom. The minimum absolute atomic E-state index is 0.168. The van der Waals surface area contributed by atoms with Gasteiger partial charge in [0.25, 0.3) is 0 Å². The summed E-state index contributed by atoms with van der Waals surface area (Å²) in [5.41, 5.74) is 3.06. The van der Waals surface area contributed by atoms with Crippen LogP contribution in [-0.4, -0.2) is 39.3 Å². The van der Waals surface area contributed by atoms with Crippen LogP contribution in [0.2, 0.25) is 0 Å². The predicted octanol–water partition coefficient (Wildman–Crippen LogP) is 6.65. The van der Waals surface area contributed by atoms with Crippen LogP contribution in [0.25, 0.3) is 0 Å². The fourth-order valence-electron chi connectivity index (χ4n) is 7.03. The largest absolute Gasteiger partial charge is 0.461 e. The van der Waals surface area contributed by atoms with Gasteiger partial charge in [-0.1, -0.05) is 66.9 Å². The quantitative estimate of drug-likeness (QED) is 0.269. The van der Waals surface area contributed by atoms with Crippen LogP contribution >= 0.6 is 15.9 Å². The number of esters is 1. The van der Waals surface area contributed by atoms with Gasteiger partial charge in [-0.05, 0) is 86.7 Å². The number of halogens is 1. The lowest BCUT2D eigenvalue weighted by Crippen LogP contribution is -2.36. The Hall–Kier alpha value is -0.910. The minimum atomic E-state index is -0.663. The number of aliphatic hydroxyl groups excluding tert-OH is 1. The highest BCUT2D eigenvalue weighted by atomic mass is 79.9. The van der Waals surface area contributed by atoms with E-state index >= 15 is 0 Å². The maximum atomic E-state index is 11.7. The zero-order valence-electron chi connectivity index (χ0n) is 21.6. The number of hydrogen-bond donors (Lipinski definition) is 2. The van der Waals surface area contributed by atoms with Crippen LogP contribution in [0, 0.1) is 23.2 Å². The van der Waals surface area contributed by atoms with Crippen LogP contribution in [-0.2, 0) is 9.53 Å². The first kappa shape index (κ1) is 27.7. The van der Waals surface area contributed by atoms with Crippen LogP contribution < -0.4 is 0 Å². The summed E-state index contributed by atoms with van der Waals surface area (Å²) in [5.74, 6) is 1.73. The van der Waals surface area contributed by atoms with Gasteiger partial charge >= 0.3 is 5.97 Å². The normalized spacial score (nSPS) is 35.4. The van der Waals surface area contributed by atoms with Gasteiger partial charge in [-0.25, -0.2) is 0 Å². The summed E-state index contributed by atoms with van der Waals surface area (Å²) >= 11 is 3.14. The maximum Gasteiger partial charge on any atom is 0.316 e. The molecule has 0 radical (unpaired) electrons. The van der Waals surface area contributed by atoms with Gasteiger partial charge in [-0.2, -0.15) is 0 Å². The van der Waals surface area contributed by atoms with Crippen molar-refractivity contribution in [3.8, 4) is 0 Å². The zero-order valence-corrected chi connectivity index (χ0v) is 23.2. The Balaban J connectivity index is 1.71. The molecule has 2 N–H and O–H groups in total. The van der Waals surface area contributed by atoms with Crippen molar-refractivity contribution in [2.24, 2.45) is 23.2 Å². The molecule has 2 unspecified atom stereocenters. The van der Waals surface area contributed by atoms with Crippen molar-refractivity contribution in [1.29, 1.82) is 0 Å². The van der Waals surface area contributed by atoms with Gasteiger partial charge in [-0.15, -0.1) is 0 Å². The molecule has 0 amide bonds. The van der Waals surface area contributed by atoms with E-state index in [1.54, 1.807) is 0 Å². The summed E-state index contributed by atoms with van der Waals surface area (Å²) in [6, 6.07) is 0. The van der Waals surface area contributed by atoms with Crippen molar-refractivity contribution in [3.05, 3.63) is 35.5 Å². The summed E-state index contributed by atoms with van der Waals surface area (Å²) in [6.45, 7) is 12.9. The highest BCUT2D eigenvalue weighted by molar-refractivity contribution is 9.09. The van der Waals surface area contributed by atoms with Gasteiger partial charge in [0.05, 0.1) is 11.7 Å². The lowest BCUT2D eigenvalue weighted by molar-refractivity contribution is -0.147. The summed E-state index contributed by atoms with van der Waals surface area (Å²) in [5, 5.41) is 20.7. The SMILES string of the molecule is C=C1/C(=C\C=C2/CCC[C@@]3(C)C2CC[C@@H]3[C@H](C)CCCC(C)(C)O)C[C@@H](OC(=O)CBr)CC1O. The van der Waals surface area contributed by atoms with E-state index in [-0.39, 0.29) is 17.4 Å². The number of hydrogen-bond acceptors (Lipinski definition) is 4. The predicted molar refractivity (Wildman–Crippen MR) is 142 cm³/mol. The van der Waals surface area contributed by atoms with Crippen LogP contribution in [0.1, 0.15) is 91.9 Å². The van der Waals surface area contributed by atoms with Crippen molar-refractivity contribution in [3.63, 3.8) is 0 Å². The van der Waals surface area contributed by atoms with Crippen molar-refractivity contribution in [1.82, 2.24) is 0 Å². The topological polar surface area (TPSA) is 66.8 Å². The van der Waals surface area contributed by atoms with Gasteiger partial charge in [0.2, 0.25) is 0 Å². The van der Waals surface area contributed by atoms with Crippen LogP contribution in [0.5, 0.6) is 0 Å². The molecule has 4 nitrogen and oxygen atoms in total. The molecule has 0 spiro atoms. The van der Waals surface area contributed by atoms with Gasteiger partial charge in [0.1, 0.15) is 11.4 Å². The minimum Gasteiger partial charge on any atom is -0.461 e. The van der Waals surface area contributed by atoms with E-state index in [2.05, 4.69) is 48.5 Å². The summed E-state index contributed by atoms with van der Waals surface area (Å²) in [4.78, 5) is 11.7. The number of fused-ring (bicyclic) bond motifs is 1. The summed E-state index contributed by atoms with van der Waals surface area (Å²) in [6.07, 6.45) is 13.8. The molecule has 5 heteroatoms. The molecule has 192 valence electrons. The highest BCUT2D eigenvalue weighted by Gasteiger charge is 2.50. The van der Waals surface area contributed by atoms with E-state index in [0.717, 1.165) is 36.3 Å². The average molecular weight is 538 g/mol. The molecule has 0 bridgehead atoms. The lowest BCUT2D eigenvalue weighted by Gasteiger charge is -2.44. The highest BCUT2D eigenvalue weighted by Crippen LogP contribution is 2.60. The first-order valence-corrected chi connectivity index (χ1v) is 14.3. The standard InChI is InChI=1S/C29H45BrO4/c1-19(8-6-14-28(3,4)33)24-12-13-25-21(9-7-15-29(24,25)5)10-11-22-16-23(34-27(32)18-30)17-26(31)20(22)2/h10-11,19,23-26,31,33H,2,6-9,12-18H2,1,3-5H3/b21-10+,22-11-/t19-,23-,24-,25?,26?,29-/m1/s1. The molecule has 0 saturated heterocycles. The number of allylic oxidation sites excluding steroid dienone is 3. The second kappa shape index (κ2) is 11.4. The number of rotatable bonds is 8. The first-order valence-electron chi connectivity index (χ1n) is 13.2. The van der Waals surface area contributed by atoms with Crippen LogP contribution in [0.3, 0.4) is 0 Å². The molecule has 0 heterocycles. The molecule has 3 saturated carbocycles. The third kappa shape index (κ3) is 6.64. The van der Waals surface area contributed by atoms with Crippen LogP contribution in [0.15, 0.2) is 35.5 Å². The van der Waals surface area contributed by atoms with E-state index in [1.165, 1.54) is 37.7 Å². The number of ether oxygens (including phenoxy) is 1. The van der Waals surface area contributed by atoms with Gasteiger partial charge in [0, 0.05) is 12.8 Å². The summed E-state index contributed by atoms with van der Waals surface area (Å²) in [7, 11) is 0. The average Bonchev–Trinajstić information content (AvgIpc) is 3.11. The van der Waals surface area contributed by atoms with Gasteiger partial charge in [0.15, 0.2) is 0 Å². The van der Waals surface area contributed by atoms with Crippen molar-refractivity contribution in [2.45, 2.75) is 110 Å². The Kier molecular flexibility index (Phi) is 9.30. The fourth-order valence-corrected chi connectivity index (χ4v) is 7.16. The number of carbonyl (C=O) groups excluding carboxylic acids is 1. The fraction of sp³-hybridized carbons (Fsp3) is 0.759. The number of aliphatic hydroxyl groups is 2. The smallest absolute Gasteiger partial charge is 0.316 e. The van der Waals surface area contributed by atoms with E-state index in [1.807, 2.05) is 13.8 Å². The van der Waals surface area contributed by atoms with E-state index in [4.69, 9.17) is 4.74 Å². The van der Waals surface area contributed by atoms with E-state index < -0.39 is 11.7 Å². The van der Waals surface area contributed by atoms with Crippen molar-refractivity contribution < 1.29 is 19.7 Å². The van der Waals surface area contributed by atoms with Crippen LogP contribution in [0.4, 0.5) is 0 Å². The number of carbonyl (C=O) groups is 1. The Bertz CT molecular complexity index is 807. The second-order valence-corrected chi connectivity index (χ2v) is 12.5. The molecule has 0 aliphatic heterocycles. The molecule has 3 rings (SSSR count). The Labute approximate surface area is 215 Å². The summed E-state index contributed by atoms with van der Waals surface area (Å²) < 4.78 is 5.50. The van der Waals surface area contributed by atoms with Crippen molar-refractivity contribution >= 4 is 21.9 Å². The van der Waals surface area contributed by atoms with Crippen molar-refractivity contribution in [2.75, 3.05) is 5.33 Å². The monoisotopic (exact) mass is 536 g/mol. The molecular weight excluding hydrogens is 492 g/mol. The second-order valence-electron chi connectivity index (χ2n) is 11.9. The van der Waals surface area contributed by atoms with Gasteiger partial charge in [-0.3, -0.25) is 4.79 Å². The Morgan fingerprint density at radius 1 is 1.35 bits per heavy atom. The first-order chi connectivity index (χ1) is 15.9. The molecule has 3 aliphatic rings. The zero-order chi connectivity index (χ0) is 25.1. The van der Waals surface area contributed by atoms with E-state index in [0.29, 0.717) is 30.1 Å². The molecule has 6 atom stereocenters. The van der Waals surface area contributed by atoms with Gasteiger partial charge < -0.3 is 14.9 Å². The molecule has 0 aromatic heterocycles. The Morgan fingerprint density at radius 3 is 2.76 bits per heavy atom. The number of alkyl halides is 1. The third-order valence-corrected chi connectivity index (χ3v) is 9.28. The molecule has 0 aromatic rings. The molecule has 3 fully saturated rings. The maximum absolute atomic E-state index is 11.7. The molecule has 3 aliphatic carbocycles. The van der Waals surface area contributed by atoms with E-state index in [9.17, 15) is 15.0 Å². The molecular formula is C29H45BrO4. The molecule has 0 aromatic carbocycles.